The molecule has 2 rings (SSSR count). The zero-order valence-electron chi connectivity index (χ0n) is 11.4. The SMILES string of the molecule is CNc1ncc(C)c(NC2CCCCC2SC)n1. The van der Waals surface area contributed by atoms with E-state index in [0.29, 0.717) is 17.2 Å². The second-order valence-corrected chi connectivity index (χ2v) is 5.86. The van der Waals surface area contributed by atoms with Crippen LogP contribution in [0.4, 0.5) is 11.8 Å². The third kappa shape index (κ3) is 3.07. The molecule has 100 valence electrons. The molecule has 0 saturated heterocycles. The van der Waals surface area contributed by atoms with Crippen LogP contribution in [0.3, 0.4) is 0 Å². The minimum absolute atomic E-state index is 0.534. The van der Waals surface area contributed by atoms with Gasteiger partial charge in [0.25, 0.3) is 0 Å². The molecule has 1 heterocycles. The highest BCUT2D eigenvalue weighted by molar-refractivity contribution is 7.99. The Hall–Kier alpha value is -0.970. The van der Waals surface area contributed by atoms with Crippen molar-refractivity contribution in [1.29, 1.82) is 0 Å². The molecule has 2 N–H and O–H groups in total. The number of anilines is 2. The van der Waals surface area contributed by atoms with Crippen molar-refractivity contribution in [3.8, 4) is 0 Å². The Morgan fingerprint density at radius 1 is 1.33 bits per heavy atom. The molecule has 1 fully saturated rings. The Balaban J connectivity index is 2.11. The van der Waals surface area contributed by atoms with Gasteiger partial charge >= 0.3 is 0 Å². The minimum atomic E-state index is 0.534. The number of thioether (sulfide) groups is 1. The first-order valence-electron chi connectivity index (χ1n) is 6.55. The monoisotopic (exact) mass is 266 g/mol. The highest BCUT2D eigenvalue weighted by atomic mass is 32.2. The van der Waals surface area contributed by atoms with Crippen molar-refractivity contribution >= 4 is 23.5 Å². The van der Waals surface area contributed by atoms with E-state index in [1.165, 1.54) is 25.7 Å². The van der Waals surface area contributed by atoms with Crippen molar-refractivity contribution in [3.63, 3.8) is 0 Å². The molecule has 1 aliphatic carbocycles. The topological polar surface area (TPSA) is 49.8 Å². The molecule has 0 bridgehead atoms. The summed E-state index contributed by atoms with van der Waals surface area (Å²) in [7, 11) is 1.85. The van der Waals surface area contributed by atoms with E-state index < -0.39 is 0 Å². The lowest BCUT2D eigenvalue weighted by molar-refractivity contribution is 0.474. The van der Waals surface area contributed by atoms with Crippen LogP contribution in [0.25, 0.3) is 0 Å². The molecular weight excluding hydrogens is 244 g/mol. The van der Waals surface area contributed by atoms with Crippen LogP contribution in [-0.4, -0.2) is 34.6 Å². The molecule has 2 atom stereocenters. The smallest absolute Gasteiger partial charge is 0.224 e. The van der Waals surface area contributed by atoms with Gasteiger partial charge in [-0.05, 0) is 26.0 Å². The number of nitrogens with one attached hydrogen (secondary N) is 2. The van der Waals surface area contributed by atoms with Crippen molar-refractivity contribution in [1.82, 2.24) is 9.97 Å². The van der Waals surface area contributed by atoms with Crippen molar-refractivity contribution in [2.24, 2.45) is 0 Å². The van der Waals surface area contributed by atoms with Crippen LogP contribution in [0.1, 0.15) is 31.2 Å². The van der Waals surface area contributed by atoms with E-state index in [9.17, 15) is 0 Å². The number of nitrogens with zero attached hydrogens (tertiary/aromatic N) is 2. The van der Waals surface area contributed by atoms with Gasteiger partial charge in [-0.3, -0.25) is 0 Å². The molecule has 0 aromatic carbocycles. The molecule has 0 radical (unpaired) electrons. The number of aromatic nitrogens is 2. The zero-order chi connectivity index (χ0) is 13.0. The van der Waals surface area contributed by atoms with Gasteiger partial charge in [-0.1, -0.05) is 12.8 Å². The van der Waals surface area contributed by atoms with E-state index >= 15 is 0 Å². The Labute approximate surface area is 113 Å². The molecule has 1 saturated carbocycles. The average molecular weight is 266 g/mol. The van der Waals surface area contributed by atoms with E-state index in [-0.39, 0.29) is 0 Å². The van der Waals surface area contributed by atoms with Gasteiger partial charge in [0.05, 0.1) is 0 Å². The summed E-state index contributed by atoms with van der Waals surface area (Å²) in [5.74, 6) is 1.65. The molecule has 0 aliphatic heterocycles. The standard InChI is InChI=1S/C13H22N4S/c1-9-8-15-13(14-2)17-12(9)16-10-6-4-5-7-11(10)18-3/h8,10-11H,4-7H2,1-3H3,(H2,14,15,16,17). The number of rotatable bonds is 4. The van der Waals surface area contributed by atoms with Crippen molar-refractivity contribution in [3.05, 3.63) is 11.8 Å². The Kier molecular flexibility index (Phi) is 4.69. The fourth-order valence-electron chi connectivity index (χ4n) is 2.43. The Bertz CT molecular complexity index is 397. The average Bonchev–Trinajstić information content (AvgIpc) is 2.42. The van der Waals surface area contributed by atoms with E-state index in [4.69, 9.17) is 0 Å². The van der Waals surface area contributed by atoms with Crippen LogP contribution in [0.15, 0.2) is 6.20 Å². The molecule has 1 aromatic rings. The predicted octanol–water partition coefficient (Wildman–Crippen LogP) is 2.91. The van der Waals surface area contributed by atoms with E-state index in [0.717, 1.165) is 11.4 Å². The lowest BCUT2D eigenvalue weighted by atomic mass is 9.95. The largest absolute Gasteiger partial charge is 0.366 e. The zero-order valence-corrected chi connectivity index (χ0v) is 12.2. The van der Waals surface area contributed by atoms with Crippen LogP contribution in [0.5, 0.6) is 0 Å². The molecule has 0 amide bonds. The Morgan fingerprint density at radius 3 is 2.83 bits per heavy atom. The lowest BCUT2D eigenvalue weighted by Crippen LogP contribution is -2.34. The highest BCUT2D eigenvalue weighted by Gasteiger charge is 2.24. The first-order valence-corrected chi connectivity index (χ1v) is 7.84. The number of aryl methyl sites for hydroxylation is 1. The molecule has 4 nitrogen and oxygen atoms in total. The molecular formula is C13H22N4S. The second-order valence-electron chi connectivity index (χ2n) is 4.78. The summed E-state index contributed by atoms with van der Waals surface area (Å²) in [4.78, 5) is 8.73. The molecule has 2 unspecified atom stereocenters. The molecule has 18 heavy (non-hydrogen) atoms. The van der Waals surface area contributed by atoms with Gasteiger partial charge in [0, 0.05) is 30.1 Å². The van der Waals surface area contributed by atoms with E-state index in [1.54, 1.807) is 0 Å². The molecule has 0 spiro atoms. The summed E-state index contributed by atoms with van der Waals surface area (Å²) in [5, 5.41) is 7.30. The predicted molar refractivity (Wildman–Crippen MR) is 79.5 cm³/mol. The van der Waals surface area contributed by atoms with Gasteiger partial charge < -0.3 is 10.6 Å². The lowest BCUT2D eigenvalue weighted by Gasteiger charge is -2.31. The summed E-state index contributed by atoms with van der Waals surface area (Å²) < 4.78 is 0. The van der Waals surface area contributed by atoms with Gasteiger partial charge in [0.1, 0.15) is 5.82 Å². The van der Waals surface area contributed by atoms with E-state index in [1.807, 2.05) is 25.0 Å². The van der Waals surface area contributed by atoms with Crippen LogP contribution in [0.2, 0.25) is 0 Å². The second kappa shape index (κ2) is 6.27. The summed E-state index contributed by atoms with van der Waals surface area (Å²) in [6.07, 6.45) is 9.30. The molecule has 1 aromatic heterocycles. The Morgan fingerprint density at radius 2 is 2.11 bits per heavy atom. The van der Waals surface area contributed by atoms with Crippen LogP contribution in [0, 0.1) is 6.92 Å². The minimum Gasteiger partial charge on any atom is -0.366 e. The number of hydrogen-bond donors (Lipinski definition) is 2. The number of hydrogen-bond acceptors (Lipinski definition) is 5. The fourth-order valence-corrected chi connectivity index (χ4v) is 3.36. The van der Waals surface area contributed by atoms with Gasteiger partial charge in [0.15, 0.2) is 0 Å². The van der Waals surface area contributed by atoms with Crippen LogP contribution < -0.4 is 10.6 Å². The van der Waals surface area contributed by atoms with Gasteiger partial charge in [0.2, 0.25) is 5.95 Å². The first kappa shape index (κ1) is 13.5. The van der Waals surface area contributed by atoms with Crippen molar-refractivity contribution in [2.45, 2.75) is 43.9 Å². The van der Waals surface area contributed by atoms with Crippen LogP contribution >= 0.6 is 11.8 Å². The molecule has 1 aliphatic rings. The van der Waals surface area contributed by atoms with Gasteiger partial charge in [-0.2, -0.15) is 16.7 Å². The normalized spacial score (nSPS) is 23.7. The summed E-state index contributed by atoms with van der Waals surface area (Å²) in [5.41, 5.74) is 1.11. The van der Waals surface area contributed by atoms with E-state index in [2.05, 4.69) is 33.8 Å². The maximum absolute atomic E-state index is 4.51. The van der Waals surface area contributed by atoms with Crippen molar-refractivity contribution in [2.75, 3.05) is 23.9 Å². The van der Waals surface area contributed by atoms with Gasteiger partial charge in [-0.15, -0.1) is 0 Å². The summed E-state index contributed by atoms with van der Waals surface area (Å²) in [6.45, 7) is 2.05. The van der Waals surface area contributed by atoms with Crippen LogP contribution in [-0.2, 0) is 0 Å². The van der Waals surface area contributed by atoms with Gasteiger partial charge in [-0.25, -0.2) is 4.98 Å². The van der Waals surface area contributed by atoms with Crippen molar-refractivity contribution < 1.29 is 0 Å². The third-order valence-electron chi connectivity index (χ3n) is 3.52. The fraction of sp³-hybridized carbons (Fsp3) is 0.692. The highest BCUT2D eigenvalue weighted by Crippen LogP contribution is 2.29. The maximum atomic E-state index is 4.51. The summed E-state index contributed by atoms with van der Waals surface area (Å²) in [6, 6.07) is 0.534. The third-order valence-corrected chi connectivity index (χ3v) is 4.69. The first-order chi connectivity index (χ1) is 8.74. The quantitative estimate of drug-likeness (QED) is 0.877. The maximum Gasteiger partial charge on any atom is 0.224 e. The molecule has 5 heteroatoms. The summed E-state index contributed by atoms with van der Waals surface area (Å²) >= 11 is 1.97.